The second-order valence-electron chi connectivity index (χ2n) is 9.44. The van der Waals surface area contributed by atoms with Crippen molar-refractivity contribution in [2.45, 2.75) is 58.5 Å². The minimum atomic E-state index is -0.568. The molecule has 1 unspecified atom stereocenters. The lowest BCUT2D eigenvalue weighted by atomic mass is 10.1. The molecule has 1 atom stereocenters. The van der Waals surface area contributed by atoms with E-state index in [-0.39, 0.29) is 29.6 Å². The molecule has 8 nitrogen and oxygen atoms in total. The van der Waals surface area contributed by atoms with Gasteiger partial charge in [-0.2, -0.15) is 5.10 Å². The molecule has 2 amide bonds. The van der Waals surface area contributed by atoms with Crippen LogP contribution in [0.5, 0.6) is 0 Å². The minimum absolute atomic E-state index is 0.0783. The van der Waals surface area contributed by atoms with Crippen LogP contribution in [0.4, 0.5) is 4.39 Å². The Morgan fingerprint density at radius 3 is 2.78 bits per heavy atom. The average molecular weight is 504 g/mol. The first-order chi connectivity index (χ1) is 17.9. The van der Waals surface area contributed by atoms with Crippen LogP contribution in [-0.4, -0.2) is 43.9 Å². The van der Waals surface area contributed by atoms with Crippen molar-refractivity contribution in [2.24, 2.45) is 0 Å². The highest BCUT2D eigenvalue weighted by atomic mass is 19.1. The van der Waals surface area contributed by atoms with Crippen LogP contribution in [0.15, 0.2) is 53.1 Å². The lowest BCUT2D eigenvalue weighted by molar-refractivity contribution is 0.0691. The van der Waals surface area contributed by atoms with Crippen LogP contribution in [0.25, 0.3) is 16.9 Å². The molecule has 0 radical (unpaired) electrons. The Labute approximate surface area is 214 Å². The number of carbonyl (C=O) groups is 2. The quantitative estimate of drug-likeness (QED) is 0.399. The number of benzene rings is 1. The maximum Gasteiger partial charge on any atom is 0.272 e. The van der Waals surface area contributed by atoms with E-state index in [2.05, 4.69) is 22.3 Å². The summed E-state index contributed by atoms with van der Waals surface area (Å²) < 4.78 is 22.0. The summed E-state index contributed by atoms with van der Waals surface area (Å²) in [5.74, 6) is -0.442. The van der Waals surface area contributed by atoms with Crippen LogP contribution in [0.2, 0.25) is 0 Å². The molecule has 0 saturated carbocycles. The van der Waals surface area contributed by atoms with Crippen LogP contribution >= 0.6 is 0 Å². The predicted octanol–water partition coefficient (Wildman–Crippen LogP) is 5.03. The van der Waals surface area contributed by atoms with Crippen molar-refractivity contribution >= 4 is 17.5 Å². The summed E-state index contributed by atoms with van der Waals surface area (Å²) in [6.45, 7) is 5.01. The van der Waals surface area contributed by atoms with Crippen LogP contribution < -0.4 is 5.32 Å². The fourth-order valence-corrected chi connectivity index (χ4v) is 4.80. The van der Waals surface area contributed by atoms with Crippen molar-refractivity contribution in [3.63, 3.8) is 0 Å². The number of nitrogens with one attached hydrogen (secondary N) is 1. The summed E-state index contributed by atoms with van der Waals surface area (Å²) in [5, 5.41) is 7.29. The van der Waals surface area contributed by atoms with Crippen molar-refractivity contribution in [1.29, 1.82) is 0 Å². The number of furan rings is 1. The number of aromatic nitrogens is 3. The zero-order valence-corrected chi connectivity index (χ0v) is 21.0. The van der Waals surface area contributed by atoms with Crippen molar-refractivity contribution in [1.82, 2.24) is 24.8 Å². The van der Waals surface area contributed by atoms with Gasteiger partial charge in [-0.25, -0.2) is 13.9 Å². The van der Waals surface area contributed by atoms with Gasteiger partial charge >= 0.3 is 0 Å². The molecule has 9 heteroatoms. The number of hydrogen-bond acceptors (Lipinski definition) is 5. The van der Waals surface area contributed by atoms with Gasteiger partial charge in [-0.05, 0) is 62.6 Å². The number of hydrogen-bond donors (Lipinski definition) is 1. The third-order valence-corrected chi connectivity index (χ3v) is 6.91. The van der Waals surface area contributed by atoms with Crippen LogP contribution in [0.3, 0.4) is 0 Å². The predicted molar refractivity (Wildman–Crippen MR) is 137 cm³/mol. The highest BCUT2D eigenvalue weighted by molar-refractivity contribution is 5.95. The molecule has 37 heavy (non-hydrogen) atoms. The molecule has 0 bridgehead atoms. The number of fused-ring (bicyclic) bond motifs is 1. The van der Waals surface area contributed by atoms with E-state index in [0.717, 1.165) is 37.9 Å². The van der Waals surface area contributed by atoms with Gasteiger partial charge in [0, 0.05) is 35.5 Å². The summed E-state index contributed by atoms with van der Waals surface area (Å²) >= 11 is 0. The summed E-state index contributed by atoms with van der Waals surface area (Å²) in [4.78, 5) is 32.3. The van der Waals surface area contributed by atoms with Crippen molar-refractivity contribution in [3.05, 3.63) is 77.3 Å². The maximum atomic E-state index is 15.1. The Morgan fingerprint density at radius 2 is 2.03 bits per heavy atom. The normalized spacial score (nSPS) is 16.1. The Bertz CT molecular complexity index is 1430. The van der Waals surface area contributed by atoms with Crippen molar-refractivity contribution in [2.75, 3.05) is 6.54 Å². The summed E-state index contributed by atoms with van der Waals surface area (Å²) in [6, 6.07) is 11.4. The first-order valence-electron chi connectivity index (χ1n) is 12.8. The molecule has 1 fully saturated rings. The fraction of sp³-hybridized carbons (Fsp3) is 0.357. The van der Waals surface area contributed by atoms with E-state index in [4.69, 9.17) is 4.42 Å². The van der Waals surface area contributed by atoms with Gasteiger partial charge in [0.1, 0.15) is 17.3 Å². The standard InChI is InChI=1S/C28H30FN5O3/c1-3-20-15-25(28(36)33-12-6-4-5-8-18(33)2)31-26-16-24(32-34(20)26)22-11-10-19(14-23(22)29)27(35)30-17-21-9-7-13-37-21/h7,9-11,13-16,18H,3-6,8,12,17H2,1-2H3,(H,30,35). The van der Waals surface area contributed by atoms with Gasteiger partial charge in [0.25, 0.3) is 11.8 Å². The molecule has 4 aromatic rings. The molecular weight excluding hydrogens is 473 g/mol. The fourth-order valence-electron chi connectivity index (χ4n) is 4.80. The van der Waals surface area contributed by atoms with E-state index in [1.807, 2.05) is 11.8 Å². The van der Waals surface area contributed by atoms with Gasteiger partial charge < -0.3 is 14.6 Å². The van der Waals surface area contributed by atoms with Crippen LogP contribution in [0.1, 0.15) is 71.8 Å². The Morgan fingerprint density at radius 1 is 1.16 bits per heavy atom. The van der Waals surface area contributed by atoms with Gasteiger partial charge in [0.15, 0.2) is 5.65 Å². The monoisotopic (exact) mass is 503 g/mol. The van der Waals surface area contributed by atoms with E-state index in [9.17, 15) is 9.59 Å². The lowest BCUT2D eigenvalue weighted by Gasteiger charge is -2.27. The molecule has 0 aliphatic carbocycles. The van der Waals surface area contributed by atoms with Crippen molar-refractivity contribution < 1.29 is 18.4 Å². The third-order valence-electron chi connectivity index (χ3n) is 6.91. The van der Waals surface area contributed by atoms with Gasteiger partial charge in [0.2, 0.25) is 0 Å². The van der Waals surface area contributed by atoms with E-state index in [0.29, 0.717) is 29.2 Å². The summed E-state index contributed by atoms with van der Waals surface area (Å²) in [5.41, 5.74) is 2.52. The highest BCUT2D eigenvalue weighted by Gasteiger charge is 2.25. The van der Waals surface area contributed by atoms with E-state index >= 15 is 4.39 Å². The first-order valence-corrected chi connectivity index (χ1v) is 12.8. The second kappa shape index (κ2) is 10.5. The number of aryl methyl sites for hydroxylation is 1. The number of carbonyl (C=O) groups excluding carboxylic acids is 2. The van der Waals surface area contributed by atoms with E-state index in [1.54, 1.807) is 34.8 Å². The molecule has 4 heterocycles. The first kappa shape index (κ1) is 24.7. The number of halogens is 1. The van der Waals surface area contributed by atoms with E-state index in [1.165, 1.54) is 18.4 Å². The highest BCUT2D eigenvalue weighted by Crippen LogP contribution is 2.25. The van der Waals surface area contributed by atoms with Crippen molar-refractivity contribution in [3.8, 4) is 11.3 Å². The number of rotatable bonds is 6. The largest absolute Gasteiger partial charge is 0.467 e. The van der Waals surface area contributed by atoms with Crippen LogP contribution in [-0.2, 0) is 13.0 Å². The lowest BCUT2D eigenvalue weighted by Crippen LogP contribution is -2.38. The molecule has 1 aliphatic heterocycles. The molecule has 192 valence electrons. The molecule has 1 saturated heterocycles. The van der Waals surface area contributed by atoms with Gasteiger partial charge in [-0.1, -0.05) is 19.8 Å². The second-order valence-corrected chi connectivity index (χ2v) is 9.44. The number of amides is 2. The number of nitrogens with zero attached hydrogens (tertiary/aromatic N) is 4. The Hall–Kier alpha value is -4.01. The van der Waals surface area contributed by atoms with Gasteiger partial charge in [0.05, 0.1) is 18.5 Å². The third kappa shape index (κ3) is 5.12. The maximum absolute atomic E-state index is 15.1. The van der Waals surface area contributed by atoms with Gasteiger partial charge in [-0.3, -0.25) is 9.59 Å². The van der Waals surface area contributed by atoms with Crippen LogP contribution in [0, 0.1) is 5.82 Å². The zero-order valence-electron chi connectivity index (χ0n) is 21.0. The molecule has 1 aromatic carbocycles. The Kier molecular flexibility index (Phi) is 7.03. The molecule has 5 rings (SSSR count). The molecule has 0 spiro atoms. The average Bonchev–Trinajstić information content (AvgIpc) is 3.53. The molecule has 1 aliphatic rings. The van der Waals surface area contributed by atoms with Gasteiger partial charge in [-0.15, -0.1) is 0 Å². The SMILES string of the molecule is CCc1cc(C(=O)N2CCCCCC2C)nc2cc(-c3ccc(C(=O)NCc4ccco4)cc3F)nn12. The summed E-state index contributed by atoms with van der Waals surface area (Å²) in [6.07, 6.45) is 6.39. The molecule has 1 N–H and O–H groups in total. The topological polar surface area (TPSA) is 92.7 Å². The smallest absolute Gasteiger partial charge is 0.272 e. The molecule has 3 aromatic heterocycles. The van der Waals surface area contributed by atoms with E-state index < -0.39 is 11.7 Å². The Balaban J connectivity index is 1.41. The minimum Gasteiger partial charge on any atom is -0.467 e. The molecular formula is C28H30FN5O3. The number of likely N-dealkylation sites (tertiary alicyclic amines) is 1. The zero-order chi connectivity index (χ0) is 25.9. The summed E-state index contributed by atoms with van der Waals surface area (Å²) in [7, 11) is 0.